The summed E-state index contributed by atoms with van der Waals surface area (Å²) in [5, 5.41) is 14.9. The van der Waals surface area contributed by atoms with Gasteiger partial charge in [0.2, 0.25) is 5.88 Å². The van der Waals surface area contributed by atoms with E-state index in [1.54, 1.807) is 13.8 Å². The molecule has 3 heterocycles. The van der Waals surface area contributed by atoms with Crippen molar-refractivity contribution in [2.75, 3.05) is 25.6 Å². The molecule has 0 spiro atoms. The van der Waals surface area contributed by atoms with Gasteiger partial charge < -0.3 is 14.8 Å². The molecule has 0 aliphatic carbocycles. The SMILES string of the molecule is COc1nc2nc(C)nc(NC(C)c3cc([N+](=O)[O-])cc(C(F)(F)F)c3)c2cc1C1=CCOCC1. The number of hydrogen-bond donors (Lipinski definition) is 1. The summed E-state index contributed by atoms with van der Waals surface area (Å²) < 4.78 is 50.9. The van der Waals surface area contributed by atoms with Gasteiger partial charge in [0.15, 0.2) is 5.65 Å². The number of methoxy groups -OCH3 is 1. The number of nitro benzene ring substituents is 1. The zero-order valence-corrected chi connectivity index (χ0v) is 19.1. The Kier molecular flexibility index (Phi) is 6.57. The molecule has 12 heteroatoms. The third kappa shape index (κ3) is 5.16. The summed E-state index contributed by atoms with van der Waals surface area (Å²) in [4.78, 5) is 23.7. The number of alkyl halides is 3. The van der Waals surface area contributed by atoms with E-state index in [1.807, 2.05) is 12.1 Å². The second-order valence-electron chi connectivity index (χ2n) is 8.02. The van der Waals surface area contributed by atoms with Crippen molar-refractivity contribution in [1.82, 2.24) is 15.0 Å². The number of ether oxygens (including phenoxy) is 2. The smallest absolute Gasteiger partial charge is 0.416 e. The molecule has 0 saturated heterocycles. The molecule has 1 aliphatic rings. The van der Waals surface area contributed by atoms with Gasteiger partial charge in [-0.15, -0.1) is 0 Å². The maximum atomic E-state index is 13.4. The number of nitrogens with zero attached hydrogens (tertiary/aromatic N) is 4. The van der Waals surface area contributed by atoms with Gasteiger partial charge in [-0.05, 0) is 43.5 Å². The highest BCUT2D eigenvalue weighted by Gasteiger charge is 2.33. The Morgan fingerprint density at radius 1 is 1.20 bits per heavy atom. The van der Waals surface area contributed by atoms with Crippen LogP contribution >= 0.6 is 0 Å². The van der Waals surface area contributed by atoms with Crippen LogP contribution in [0.25, 0.3) is 16.6 Å². The lowest BCUT2D eigenvalue weighted by Crippen LogP contribution is -2.13. The van der Waals surface area contributed by atoms with Crippen LogP contribution in [-0.2, 0) is 10.9 Å². The number of benzene rings is 1. The van der Waals surface area contributed by atoms with Crippen molar-refractivity contribution < 1.29 is 27.6 Å². The molecule has 0 radical (unpaired) electrons. The Morgan fingerprint density at radius 3 is 2.60 bits per heavy atom. The number of non-ortho nitro benzene ring substituents is 1. The molecule has 1 unspecified atom stereocenters. The summed E-state index contributed by atoms with van der Waals surface area (Å²) in [6.07, 6.45) is -2.14. The monoisotopic (exact) mass is 489 g/mol. The molecule has 35 heavy (non-hydrogen) atoms. The van der Waals surface area contributed by atoms with Gasteiger partial charge in [-0.3, -0.25) is 10.1 Å². The van der Waals surface area contributed by atoms with Crippen molar-refractivity contribution in [3.8, 4) is 5.88 Å². The molecule has 4 rings (SSSR count). The van der Waals surface area contributed by atoms with E-state index in [0.29, 0.717) is 54.3 Å². The van der Waals surface area contributed by atoms with Crippen LogP contribution in [0.5, 0.6) is 5.88 Å². The van der Waals surface area contributed by atoms with Gasteiger partial charge in [-0.2, -0.15) is 18.2 Å². The number of aromatic nitrogens is 3. The number of nitro groups is 1. The van der Waals surface area contributed by atoms with Crippen LogP contribution in [-0.4, -0.2) is 40.2 Å². The van der Waals surface area contributed by atoms with E-state index in [9.17, 15) is 23.3 Å². The van der Waals surface area contributed by atoms with Gasteiger partial charge in [0.1, 0.15) is 11.6 Å². The van der Waals surface area contributed by atoms with E-state index >= 15 is 0 Å². The number of fused-ring (bicyclic) bond motifs is 1. The maximum Gasteiger partial charge on any atom is 0.416 e. The second-order valence-corrected chi connectivity index (χ2v) is 8.02. The number of aryl methyl sites for hydroxylation is 1. The first-order valence-electron chi connectivity index (χ1n) is 10.7. The zero-order valence-electron chi connectivity index (χ0n) is 19.1. The molecule has 3 aromatic rings. The van der Waals surface area contributed by atoms with Crippen molar-refractivity contribution in [1.29, 1.82) is 0 Å². The Morgan fingerprint density at radius 2 is 1.97 bits per heavy atom. The van der Waals surface area contributed by atoms with Crippen LogP contribution < -0.4 is 10.1 Å². The molecule has 1 aliphatic heterocycles. The first kappa shape index (κ1) is 24.3. The van der Waals surface area contributed by atoms with Crippen LogP contribution in [0.2, 0.25) is 0 Å². The number of pyridine rings is 1. The Hall–Kier alpha value is -3.80. The largest absolute Gasteiger partial charge is 0.481 e. The molecule has 2 aromatic heterocycles. The predicted molar refractivity (Wildman–Crippen MR) is 122 cm³/mol. The summed E-state index contributed by atoms with van der Waals surface area (Å²) in [5.74, 6) is 1.11. The van der Waals surface area contributed by atoms with Crippen molar-refractivity contribution in [3.63, 3.8) is 0 Å². The van der Waals surface area contributed by atoms with Gasteiger partial charge in [0.25, 0.3) is 5.69 Å². The van der Waals surface area contributed by atoms with Gasteiger partial charge >= 0.3 is 6.18 Å². The van der Waals surface area contributed by atoms with Crippen molar-refractivity contribution in [3.05, 3.63) is 63.0 Å². The van der Waals surface area contributed by atoms with E-state index in [4.69, 9.17) is 9.47 Å². The van der Waals surface area contributed by atoms with Crippen LogP contribution in [0.1, 0.15) is 41.9 Å². The standard InChI is InChI=1S/C23H22F3N5O4/c1-12(15-8-16(23(24,25)26)10-17(9-15)31(32)33)27-20-19-11-18(14-4-6-35-7-5-14)22(34-3)30-21(19)29-13(2)28-20/h4,8-12H,5-7H2,1-3H3,(H,27,28,29,30). The van der Waals surface area contributed by atoms with Crippen LogP contribution in [0.15, 0.2) is 30.3 Å². The minimum Gasteiger partial charge on any atom is -0.481 e. The van der Waals surface area contributed by atoms with E-state index in [2.05, 4.69) is 20.3 Å². The summed E-state index contributed by atoms with van der Waals surface area (Å²) >= 11 is 0. The molecule has 9 nitrogen and oxygen atoms in total. The predicted octanol–water partition coefficient (Wildman–Crippen LogP) is 5.25. The highest BCUT2D eigenvalue weighted by molar-refractivity contribution is 5.91. The molecule has 0 amide bonds. The first-order chi connectivity index (χ1) is 16.6. The van der Waals surface area contributed by atoms with Crippen molar-refractivity contribution in [2.24, 2.45) is 0 Å². The van der Waals surface area contributed by atoms with Crippen molar-refractivity contribution in [2.45, 2.75) is 32.5 Å². The summed E-state index contributed by atoms with van der Waals surface area (Å²) in [6.45, 7) is 4.26. The van der Waals surface area contributed by atoms with Crippen LogP contribution in [0.4, 0.5) is 24.7 Å². The number of anilines is 1. The summed E-state index contributed by atoms with van der Waals surface area (Å²) in [7, 11) is 1.51. The normalized spacial score (nSPS) is 15.0. The Labute approximate surface area is 198 Å². The molecule has 1 atom stereocenters. The lowest BCUT2D eigenvalue weighted by Gasteiger charge is -2.20. The highest BCUT2D eigenvalue weighted by atomic mass is 19.4. The lowest BCUT2D eigenvalue weighted by molar-refractivity contribution is -0.385. The zero-order chi connectivity index (χ0) is 25.3. The van der Waals surface area contributed by atoms with E-state index in [-0.39, 0.29) is 5.56 Å². The topological polar surface area (TPSA) is 112 Å². The molecule has 184 valence electrons. The van der Waals surface area contributed by atoms with Crippen LogP contribution in [0.3, 0.4) is 0 Å². The van der Waals surface area contributed by atoms with Gasteiger partial charge in [0, 0.05) is 17.7 Å². The fourth-order valence-corrected chi connectivity index (χ4v) is 3.86. The lowest BCUT2D eigenvalue weighted by atomic mass is 10.0. The van der Waals surface area contributed by atoms with Gasteiger partial charge in [-0.1, -0.05) is 6.08 Å². The molecule has 1 aromatic carbocycles. The highest BCUT2D eigenvalue weighted by Crippen LogP contribution is 2.36. The molecule has 0 fully saturated rings. The Bertz CT molecular complexity index is 1330. The van der Waals surface area contributed by atoms with E-state index in [0.717, 1.165) is 23.3 Å². The van der Waals surface area contributed by atoms with E-state index < -0.39 is 28.4 Å². The van der Waals surface area contributed by atoms with Gasteiger partial charge in [-0.25, -0.2) is 9.97 Å². The van der Waals surface area contributed by atoms with Gasteiger partial charge in [0.05, 0.1) is 42.2 Å². The fourth-order valence-electron chi connectivity index (χ4n) is 3.86. The Balaban J connectivity index is 1.79. The summed E-state index contributed by atoms with van der Waals surface area (Å²) in [6, 6.07) is 3.59. The summed E-state index contributed by atoms with van der Waals surface area (Å²) in [5.41, 5.74) is 0.406. The number of nitrogens with one attached hydrogen (secondary N) is 1. The minimum absolute atomic E-state index is 0.0878. The third-order valence-electron chi connectivity index (χ3n) is 5.60. The molecule has 0 bridgehead atoms. The molecule has 1 N–H and O–H groups in total. The fraction of sp³-hybridized carbons (Fsp3) is 0.348. The van der Waals surface area contributed by atoms with Crippen LogP contribution in [0, 0.1) is 17.0 Å². The van der Waals surface area contributed by atoms with Crippen molar-refractivity contribution >= 4 is 28.1 Å². The number of halogens is 3. The first-order valence-corrected chi connectivity index (χ1v) is 10.7. The molecular weight excluding hydrogens is 467 g/mol. The second kappa shape index (κ2) is 9.45. The molecule has 0 saturated carbocycles. The average Bonchev–Trinajstić information content (AvgIpc) is 2.82. The number of hydrogen-bond acceptors (Lipinski definition) is 8. The van der Waals surface area contributed by atoms with E-state index in [1.165, 1.54) is 7.11 Å². The third-order valence-corrected chi connectivity index (χ3v) is 5.60. The maximum absolute atomic E-state index is 13.4. The minimum atomic E-state index is -4.73. The average molecular weight is 489 g/mol. The number of rotatable bonds is 6. The quantitative estimate of drug-likeness (QED) is 0.369. The molecular formula is C23H22F3N5O4.